The van der Waals surface area contributed by atoms with E-state index in [1.807, 2.05) is 0 Å². The van der Waals surface area contributed by atoms with Crippen LogP contribution < -0.4 is 4.74 Å². The highest BCUT2D eigenvalue weighted by Gasteiger charge is 2.48. The van der Waals surface area contributed by atoms with Crippen molar-refractivity contribution in [2.45, 2.75) is 52.2 Å². The van der Waals surface area contributed by atoms with Crippen molar-refractivity contribution in [1.29, 1.82) is 0 Å². The number of carbonyl (C=O) groups excluding carboxylic acids is 2. The first-order valence-electron chi connectivity index (χ1n) is 9.66. The van der Waals surface area contributed by atoms with E-state index in [1.165, 1.54) is 24.3 Å². The third kappa shape index (κ3) is 4.21. The predicted octanol–water partition coefficient (Wildman–Crippen LogP) is 0.860. The van der Waals surface area contributed by atoms with Gasteiger partial charge in [0, 0.05) is 0 Å². The Morgan fingerprint density at radius 2 is 1.87 bits per heavy atom. The summed E-state index contributed by atoms with van der Waals surface area (Å²) in [6.07, 6.45) is -1.36. The van der Waals surface area contributed by atoms with Gasteiger partial charge in [0.2, 0.25) is 5.88 Å². The molecule has 30 heavy (non-hydrogen) atoms. The fraction of sp³-hybridized carbons (Fsp3) is 0.632. The molecule has 0 unspecified atom stereocenters. The van der Waals surface area contributed by atoms with Crippen LogP contribution in [0.4, 0.5) is 0 Å². The minimum Gasteiger partial charge on any atom is -0.479 e. The fourth-order valence-corrected chi connectivity index (χ4v) is 2.97. The van der Waals surface area contributed by atoms with E-state index in [-0.39, 0.29) is 18.4 Å². The van der Waals surface area contributed by atoms with Gasteiger partial charge in [0.05, 0.1) is 25.3 Å². The highest BCUT2D eigenvalue weighted by molar-refractivity contribution is 5.76. The standard InChI is InChI=1S/C19H26N4O7/c1-9(2)18(25)28-6-11-13(24)14(30-19(26)10(3)4)17(29-11)23-8-22-12-15(23)20-7-21-16(12)27-5/h7-11,13-14,17,24H,6H2,1-5H3/t11-,13-,14+,17-/m1/s1. The van der Waals surface area contributed by atoms with Crippen LogP contribution in [0.5, 0.6) is 5.88 Å². The summed E-state index contributed by atoms with van der Waals surface area (Å²) in [5.74, 6) is -1.37. The molecule has 0 aliphatic carbocycles. The normalized spacial score (nSPS) is 23.9. The number of esters is 2. The summed E-state index contributed by atoms with van der Waals surface area (Å²) >= 11 is 0. The molecule has 0 radical (unpaired) electrons. The SMILES string of the molecule is COc1ncnc2c1ncn2[C@@H]1O[C@H](COC(=O)C(C)C)[C@@H](O)[C@@H]1OC(=O)C(C)C. The zero-order valence-electron chi connectivity index (χ0n) is 17.5. The molecule has 3 rings (SSSR count). The molecule has 1 aliphatic rings. The molecule has 1 saturated heterocycles. The number of fused-ring (bicyclic) bond motifs is 1. The average molecular weight is 422 g/mol. The Bertz CT molecular complexity index is 913. The Balaban J connectivity index is 1.91. The molecule has 2 aromatic rings. The van der Waals surface area contributed by atoms with E-state index in [0.717, 1.165) is 0 Å². The van der Waals surface area contributed by atoms with Crippen molar-refractivity contribution in [3.05, 3.63) is 12.7 Å². The van der Waals surface area contributed by atoms with Crippen molar-refractivity contribution in [1.82, 2.24) is 19.5 Å². The van der Waals surface area contributed by atoms with Crippen LogP contribution in [0.15, 0.2) is 12.7 Å². The van der Waals surface area contributed by atoms with Gasteiger partial charge in [0.1, 0.15) is 25.1 Å². The summed E-state index contributed by atoms with van der Waals surface area (Å²) in [5.41, 5.74) is 0.770. The topological polar surface area (TPSA) is 135 Å². The smallest absolute Gasteiger partial charge is 0.308 e. The molecule has 0 saturated carbocycles. The first-order valence-corrected chi connectivity index (χ1v) is 9.66. The molecule has 0 spiro atoms. The number of hydrogen-bond acceptors (Lipinski definition) is 10. The van der Waals surface area contributed by atoms with E-state index in [9.17, 15) is 14.7 Å². The zero-order valence-corrected chi connectivity index (χ0v) is 17.5. The third-order valence-corrected chi connectivity index (χ3v) is 4.69. The van der Waals surface area contributed by atoms with Crippen molar-refractivity contribution < 1.29 is 33.6 Å². The first kappa shape index (κ1) is 21.9. The van der Waals surface area contributed by atoms with E-state index in [4.69, 9.17) is 18.9 Å². The van der Waals surface area contributed by atoms with Gasteiger partial charge >= 0.3 is 11.9 Å². The maximum atomic E-state index is 12.2. The van der Waals surface area contributed by atoms with E-state index < -0.39 is 42.4 Å². The molecule has 1 aliphatic heterocycles. The van der Waals surface area contributed by atoms with Gasteiger partial charge in [-0.25, -0.2) is 9.97 Å². The number of rotatable bonds is 7. The second-order valence-electron chi connectivity index (χ2n) is 7.60. The third-order valence-electron chi connectivity index (χ3n) is 4.69. The Morgan fingerprint density at radius 3 is 2.50 bits per heavy atom. The molecular formula is C19H26N4O7. The van der Waals surface area contributed by atoms with Crippen LogP contribution in [-0.2, 0) is 23.8 Å². The molecule has 11 nitrogen and oxygen atoms in total. The molecule has 11 heteroatoms. The van der Waals surface area contributed by atoms with Crippen LogP contribution in [0, 0.1) is 11.8 Å². The van der Waals surface area contributed by atoms with Crippen molar-refractivity contribution in [3.8, 4) is 5.88 Å². The number of aliphatic hydroxyl groups excluding tert-OH is 1. The summed E-state index contributed by atoms with van der Waals surface area (Å²) in [4.78, 5) is 36.5. The number of carbonyl (C=O) groups is 2. The summed E-state index contributed by atoms with van der Waals surface area (Å²) < 4.78 is 23.4. The number of imidazole rings is 1. The highest BCUT2D eigenvalue weighted by atomic mass is 16.6. The molecule has 0 aromatic carbocycles. The number of hydrogen-bond donors (Lipinski definition) is 1. The monoisotopic (exact) mass is 422 g/mol. The van der Waals surface area contributed by atoms with Gasteiger partial charge in [-0.15, -0.1) is 0 Å². The Kier molecular flexibility index (Phi) is 6.52. The van der Waals surface area contributed by atoms with Crippen LogP contribution in [0.25, 0.3) is 11.2 Å². The van der Waals surface area contributed by atoms with Gasteiger partial charge in [0.15, 0.2) is 23.5 Å². The maximum absolute atomic E-state index is 12.2. The van der Waals surface area contributed by atoms with Gasteiger partial charge in [-0.3, -0.25) is 14.2 Å². The van der Waals surface area contributed by atoms with Crippen molar-refractivity contribution in [2.24, 2.45) is 11.8 Å². The summed E-state index contributed by atoms with van der Waals surface area (Å²) in [5, 5.41) is 10.8. The number of aromatic nitrogens is 4. The van der Waals surface area contributed by atoms with Crippen LogP contribution in [-0.4, -0.2) is 68.6 Å². The number of nitrogens with zero attached hydrogens (tertiary/aromatic N) is 4. The van der Waals surface area contributed by atoms with Crippen LogP contribution in [0.3, 0.4) is 0 Å². The zero-order chi connectivity index (χ0) is 22.0. The van der Waals surface area contributed by atoms with Crippen LogP contribution >= 0.6 is 0 Å². The van der Waals surface area contributed by atoms with Gasteiger partial charge in [-0.1, -0.05) is 27.7 Å². The molecule has 0 amide bonds. The minimum atomic E-state index is -1.22. The van der Waals surface area contributed by atoms with Gasteiger partial charge in [-0.05, 0) is 0 Å². The lowest BCUT2D eigenvalue weighted by molar-refractivity contribution is -0.162. The predicted molar refractivity (Wildman–Crippen MR) is 102 cm³/mol. The van der Waals surface area contributed by atoms with Crippen molar-refractivity contribution in [2.75, 3.05) is 13.7 Å². The van der Waals surface area contributed by atoms with Crippen molar-refractivity contribution in [3.63, 3.8) is 0 Å². The molecule has 1 fully saturated rings. The molecule has 164 valence electrons. The minimum absolute atomic E-state index is 0.185. The lowest BCUT2D eigenvalue weighted by atomic mass is 10.1. The number of ether oxygens (including phenoxy) is 4. The summed E-state index contributed by atoms with van der Waals surface area (Å²) in [6.45, 7) is 6.59. The Morgan fingerprint density at radius 1 is 1.17 bits per heavy atom. The van der Waals surface area contributed by atoms with E-state index >= 15 is 0 Å². The first-order chi connectivity index (χ1) is 14.2. The number of aliphatic hydroxyl groups is 1. The molecule has 4 atom stereocenters. The van der Waals surface area contributed by atoms with E-state index in [1.54, 1.807) is 27.7 Å². The van der Waals surface area contributed by atoms with Crippen LogP contribution in [0.2, 0.25) is 0 Å². The molecule has 0 bridgehead atoms. The molecule has 2 aromatic heterocycles. The quantitative estimate of drug-likeness (QED) is 0.640. The summed E-state index contributed by atoms with van der Waals surface area (Å²) in [7, 11) is 1.46. The average Bonchev–Trinajstić information content (AvgIpc) is 3.27. The molecule has 1 N–H and O–H groups in total. The Hall–Kier alpha value is -2.79. The largest absolute Gasteiger partial charge is 0.479 e. The van der Waals surface area contributed by atoms with E-state index in [2.05, 4.69) is 15.0 Å². The van der Waals surface area contributed by atoms with Gasteiger partial charge in [-0.2, -0.15) is 4.98 Å². The Labute approximate surface area is 173 Å². The lowest BCUT2D eigenvalue weighted by Crippen LogP contribution is -2.38. The number of methoxy groups -OCH3 is 1. The second-order valence-corrected chi connectivity index (χ2v) is 7.60. The second kappa shape index (κ2) is 8.92. The van der Waals surface area contributed by atoms with Gasteiger partial charge < -0.3 is 24.1 Å². The highest BCUT2D eigenvalue weighted by Crippen LogP contribution is 2.35. The molecule has 3 heterocycles. The van der Waals surface area contributed by atoms with E-state index in [0.29, 0.717) is 11.2 Å². The summed E-state index contributed by atoms with van der Waals surface area (Å²) in [6, 6.07) is 0. The molecular weight excluding hydrogens is 396 g/mol. The fourth-order valence-electron chi connectivity index (χ4n) is 2.97. The maximum Gasteiger partial charge on any atom is 0.308 e. The lowest BCUT2D eigenvalue weighted by Gasteiger charge is -2.22. The van der Waals surface area contributed by atoms with Crippen molar-refractivity contribution >= 4 is 23.1 Å². The van der Waals surface area contributed by atoms with Crippen LogP contribution in [0.1, 0.15) is 33.9 Å². The van der Waals surface area contributed by atoms with Gasteiger partial charge in [0.25, 0.3) is 0 Å².